The fourth-order valence-electron chi connectivity index (χ4n) is 0.922. The van der Waals surface area contributed by atoms with Gasteiger partial charge in [-0.2, -0.15) is 0 Å². The Morgan fingerprint density at radius 2 is 2.31 bits per heavy atom. The third kappa shape index (κ3) is 2.98. The first kappa shape index (κ1) is 10.5. The second-order valence-electron chi connectivity index (χ2n) is 2.58. The Balaban J connectivity index is 2.69. The predicted octanol–water partition coefficient (Wildman–Crippen LogP) is 3.59. The van der Waals surface area contributed by atoms with Crippen molar-refractivity contribution in [1.82, 2.24) is 0 Å². The molecule has 0 unspecified atom stereocenters. The number of hydrogen-bond acceptors (Lipinski definition) is 2. The molecule has 0 saturated carbocycles. The van der Waals surface area contributed by atoms with Crippen LogP contribution < -0.4 is 5.73 Å². The lowest BCUT2D eigenvalue weighted by Gasteiger charge is -2.05. The van der Waals surface area contributed by atoms with Crippen LogP contribution in [0.3, 0.4) is 0 Å². The molecule has 3 heteroatoms. The van der Waals surface area contributed by atoms with E-state index in [1.165, 1.54) is 0 Å². The van der Waals surface area contributed by atoms with Crippen molar-refractivity contribution in [1.29, 1.82) is 0 Å². The lowest BCUT2D eigenvalue weighted by Crippen LogP contribution is -1.89. The number of nitrogens with two attached hydrogens (primary N) is 1. The lowest BCUT2D eigenvalue weighted by molar-refractivity contribution is 1.25. The highest BCUT2D eigenvalue weighted by atomic mass is 35.5. The normalized spacial score (nSPS) is 9.92. The van der Waals surface area contributed by atoms with E-state index in [2.05, 4.69) is 6.58 Å². The van der Waals surface area contributed by atoms with Crippen molar-refractivity contribution in [3.05, 3.63) is 35.9 Å². The molecule has 70 valence electrons. The van der Waals surface area contributed by atoms with Crippen LogP contribution in [0.5, 0.6) is 0 Å². The molecule has 0 bridgehead atoms. The van der Waals surface area contributed by atoms with Crippen molar-refractivity contribution in [3.63, 3.8) is 0 Å². The van der Waals surface area contributed by atoms with E-state index in [1.54, 1.807) is 11.8 Å². The zero-order chi connectivity index (χ0) is 9.68. The molecule has 1 aromatic rings. The molecule has 0 aromatic heterocycles. The van der Waals surface area contributed by atoms with E-state index >= 15 is 0 Å². The van der Waals surface area contributed by atoms with Crippen molar-refractivity contribution in [2.75, 3.05) is 11.5 Å². The molecule has 2 N–H and O–H groups in total. The largest absolute Gasteiger partial charge is 0.398 e. The third-order valence-corrected chi connectivity index (χ3v) is 3.18. The van der Waals surface area contributed by atoms with Gasteiger partial charge in [-0.15, -0.1) is 18.3 Å². The summed E-state index contributed by atoms with van der Waals surface area (Å²) >= 11 is 7.65. The predicted molar refractivity (Wildman–Crippen MR) is 61.4 cm³/mol. The molecule has 0 aliphatic heterocycles. The van der Waals surface area contributed by atoms with Gasteiger partial charge in [0.2, 0.25) is 0 Å². The maximum atomic E-state index is 5.98. The first-order valence-electron chi connectivity index (χ1n) is 4.03. The van der Waals surface area contributed by atoms with E-state index in [0.29, 0.717) is 0 Å². The van der Waals surface area contributed by atoms with Gasteiger partial charge >= 0.3 is 0 Å². The smallest absolute Gasteiger partial charge is 0.0562 e. The number of hydrogen-bond donors (Lipinski definition) is 1. The summed E-state index contributed by atoms with van der Waals surface area (Å²) in [4.78, 5) is 0.978. The van der Waals surface area contributed by atoms with E-state index in [-0.39, 0.29) is 0 Å². The highest BCUT2D eigenvalue weighted by Crippen LogP contribution is 2.32. The minimum absolute atomic E-state index is 0.731. The van der Waals surface area contributed by atoms with E-state index in [9.17, 15) is 0 Å². The van der Waals surface area contributed by atoms with Crippen molar-refractivity contribution < 1.29 is 0 Å². The van der Waals surface area contributed by atoms with Gasteiger partial charge in [-0.3, -0.25) is 0 Å². The average Bonchev–Trinajstić information content (AvgIpc) is 2.10. The van der Waals surface area contributed by atoms with Gasteiger partial charge in [0, 0.05) is 16.3 Å². The highest BCUT2D eigenvalue weighted by molar-refractivity contribution is 7.99. The molecule has 0 amide bonds. The quantitative estimate of drug-likeness (QED) is 0.358. The molecule has 13 heavy (non-hydrogen) atoms. The number of rotatable bonds is 4. The summed E-state index contributed by atoms with van der Waals surface area (Å²) in [6, 6.07) is 5.57. The molecule has 0 aliphatic carbocycles. The van der Waals surface area contributed by atoms with Gasteiger partial charge in [-0.05, 0) is 18.6 Å². The Hall–Kier alpha value is -0.600. The van der Waals surface area contributed by atoms with Crippen LogP contribution in [0.15, 0.2) is 35.7 Å². The van der Waals surface area contributed by atoms with Crippen molar-refractivity contribution in [2.24, 2.45) is 0 Å². The fourth-order valence-corrected chi connectivity index (χ4v) is 2.20. The molecular weight excluding hydrogens is 202 g/mol. The van der Waals surface area contributed by atoms with Gasteiger partial charge in [0.1, 0.15) is 0 Å². The van der Waals surface area contributed by atoms with Crippen LogP contribution in [-0.2, 0) is 0 Å². The zero-order valence-corrected chi connectivity index (χ0v) is 8.87. The van der Waals surface area contributed by atoms with Gasteiger partial charge in [-0.25, -0.2) is 0 Å². The molecular formula is C10H12ClNS. The van der Waals surface area contributed by atoms with Crippen LogP contribution in [0.25, 0.3) is 0 Å². The Morgan fingerprint density at radius 3 is 2.92 bits per heavy atom. The standard InChI is InChI=1S/C10H12ClNS/c1-2-3-7-13-10-8(11)5-4-6-9(10)12/h2,4-6H,1,3,7,12H2. The summed E-state index contributed by atoms with van der Waals surface area (Å²) in [7, 11) is 0. The van der Waals surface area contributed by atoms with Gasteiger partial charge < -0.3 is 5.73 Å². The second-order valence-corrected chi connectivity index (χ2v) is 4.10. The number of nitrogen functional groups attached to an aromatic ring is 1. The Morgan fingerprint density at radius 1 is 1.54 bits per heavy atom. The molecule has 1 aromatic carbocycles. The van der Waals surface area contributed by atoms with Crippen LogP contribution >= 0.6 is 23.4 Å². The maximum Gasteiger partial charge on any atom is 0.0562 e. The first-order chi connectivity index (χ1) is 6.25. The van der Waals surface area contributed by atoms with Crippen LogP contribution in [0.4, 0.5) is 5.69 Å². The minimum atomic E-state index is 0.731. The zero-order valence-electron chi connectivity index (χ0n) is 7.29. The Kier molecular flexibility index (Phi) is 4.19. The molecule has 1 nitrogen and oxygen atoms in total. The van der Waals surface area contributed by atoms with Crippen LogP contribution in [0.1, 0.15) is 6.42 Å². The lowest BCUT2D eigenvalue weighted by atomic mass is 10.3. The molecule has 0 atom stereocenters. The van der Waals surface area contributed by atoms with E-state index in [4.69, 9.17) is 17.3 Å². The van der Waals surface area contributed by atoms with E-state index < -0.39 is 0 Å². The molecule has 0 spiro atoms. The number of allylic oxidation sites excluding steroid dienone is 1. The first-order valence-corrected chi connectivity index (χ1v) is 5.39. The summed E-state index contributed by atoms with van der Waals surface area (Å²) < 4.78 is 0. The van der Waals surface area contributed by atoms with Crippen LogP contribution in [-0.4, -0.2) is 5.75 Å². The third-order valence-electron chi connectivity index (χ3n) is 1.57. The SMILES string of the molecule is C=CCCSc1c(N)cccc1Cl. The average molecular weight is 214 g/mol. The molecule has 1 rings (SSSR count). The molecule has 0 radical (unpaired) electrons. The molecule has 0 saturated heterocycles. The van der Waals surface area contributed by atoms with E-state index in [0.717, 1.165) is 27.8 Å². The van der Waals surface area contributed by atoms with E-state index in [1.807, 2.05) is 24.3 Å². The Bertz CT molecular complexity index is 279. The van der Waals surface area contributed by atoms with Gasteiger partial charge in [0.15, 0.2) is 0 Å². The van der Waals surface area contributed by atoms with Gasteiger partial charge in [0.25, 0.3) is 0 Å². The number of benzene rings is 1. The second kappa shape index (κ2) is 5.20. The molecule has 0 fully saturated rings. The van der Waals surface area contributed by atoms with Gasteiger partial charge in [0.05, 0.1) is 5.02 Å². The van der Waals surface area contributed by atoms with Crippen molar-refractivity contribution in [3.8, 4) is 0 Å². The summed E-state index contributed by atoms with van der Waals surface area (Å²) in [5.41, 5.74) is 6.52. The summed E-state index contributed by atoms with van der Waals surface area (Å²) in [6.45, 7) is 3.66. The summed E-state index contributed by atoms with van der Waals surface area (Å²) in [5, 5.41) is 0.731. The maximum absolute atomic E-state index is 5.98. The Labute approximate surface area is 88.0 Å². The topological polar surface area (TPSA) is 26.0 Å². The number of anilines is 1. The number of halogens is 1. The molecule has 0 heterocycles. The summed E-state index contributed by atoms with van der Waals surface area (Å²) in [6.07, 6.45) is 2.86. The van der Waals surface area contributed by atoms with Crippen molar-refractivity contribution >= 4 is 29.1 Å². The highest BCUT2D eigenvalue weighted by Gasteiger charge is 2.03. The number of thioether (sulfide) groups is 1. The van der Waals surface area contributed by atoms with Crippen molar-refractivity contribution in [2.45, 2.75) is 11.3 Å². The minimum Gasteiger partial charge on any atom is -0.398 e. The summed E-state index contributed by atoms with van der Waals surface area (Å²) in [5.74, 6) is 0.970. The monoisotopic (exact) mass is 213 g/mol. The van der Waals surface area contributed by atoms with Gasteiger partial charge in [-0.1, -0.05) is 23.7 Å². The molecule has 0 aliphatic rings. The van der Waals surface area contributed by atoms with Crippen LogP contribution in [0, 0.1) is 0 Å². The fraction of sp³-hybridized carbons (Fsp3) is 0.200. The van der Waals surface area contributed by atoms with Crippen LogP contribution in [0.2, 0.25) is 5.02 Å².